The van der Waals surface area contributed by atoms with Crippen LogP contribution in [0.3, 0.4) is 0 Å². The molecular formula is C13H29NO2S. The zero-order valence-corrected chi connectivity index (χ0v) is 12.9. The minimum atomic E-state index is -2.82. The van der Waals surface area contributed by atoms with Crippen LogP contribution in [0.15, 0.2) is 0 Å². The third-order valence-corrected chi connectivity index (χ3v) is 4.90. The number of rotatable bonds is 8. The van der Waals surface area contributed by atoms with Crippen molar-refractivity contribution in [2.45, 2.75) is 59.9 Å². The largest absolute Gasteiger partial charge is 0.314 e. The molecule has 0 rings (SSSR count). The first-order valence-electron chi connectivity index (χ1n) is 6.66. The van der Waals surface area contributed by atoms with Crippen LogP contribution in [0, 0.1) is 5.41 Å². The van der Waals surface area contributed by atoms with Crippen molar-refractivity contribution in [3.63, 3.8) is 0 Å². The fourth-order valence-electron chi connectivity index (χ4n) is 2.01. The molecule has 0 spiro atoms. The maximum atomic E-state index is 11.6. The fourth-order valence-corrected chi connectivity index (χ4v) is 3.44. The van der Waals surface area contributed by atoms with Gasteiger partial charge in [-0.1, -0.05) is 34.6 Å². The quantitative estimate of drug-likeness (QED) is 0.732. The van der Waals surface area contributed by atoms with Gasteiger partial charge >= 0.3 is 0 Å². The Morgan fingerprint density at radius 1 is 1.12 bits per heavy atom. The average Bonchev–Trinajstić information content (AvgIpc) is 2.14. The smallest absolute Gasteiger partial charge is 0.150 e. The maximum Gasteiger partial charge on any atom is 0.150 e. The first-order valence-corrected chi connectivity index (χ1v) is 8.49. The summed E-state index contributed by atoms with van der Waals surface area (Å²) in [4.78, 5) is 0. The summed E-state index contributed by atoms with van der Waals surface area (Å²) in [5, 5.41) is 3.45. The summed E-state index contributed by atoms with van der Waals surface area (Å²) >= 11 is 0. The normalized spacial score (nSPS) is 14.9. The lowest BCUT2D eigenvalue weighted by Crippen LogP contribution is -2.40. The van der Waals surface area contributed by atoms with Crippen molar-refractivity contribution in [1.82, 2.24) is 5.32 Å². The summed E-state index contributed by atoms with van der Waals surface area (Å²) in [5.74, 6) is 0.660. The minimum Gasteiger partial charge on any atom is -0.314 e. The van der Waals surface area contributed by atoms with Crippen molar-refractivity contribution in [3.05, 3.63) is 0 Å². The molecule has 104 valence electrons. The highest BCUT2D eigenvalue weighted by molar-refractivity contribution is 7.91. The molecular weight excluding hydrogens is 234 g/mol. The molecule has 0 aliphatic rings. The summed E-state index contributed by atoms with van der Waals surface area (Å²) in [6, 6.07) is 0.393. The van der Waals surface area contributed by atoms with Crippen LogP contribution in [0.5, 0.6) is 0 Å². The first-order chi connectivity index (χ1) is 7.73. The molecule has 0 aromatic heterocycles. The monoisotopic (exact) mass is 263 g/mol. The Balaban J connectivity index is 4.16. The molecule has 0 aromatic carbocycles. The molecule has 0 aliphatic carbocycles. The molecule has 1 atom stereocenters. The molecule has 17 heavy (non-hydrogen) atoms. The Morgan fingerprint density at radius 2 is 1.71 bits per heavy atom. The van der Waals surface area contributed by atoms with Crippen LogP contribution >= 0.6 is 0 Å². The number of hydrogen-bond acceptors (Lipinski definition) is 3. The van der Waals surface area contributed by atoms with Gasteiger partial charge in [0.05, 0.1) is 5.75 Å². The van der Waals surface area contributed by atoms with Crippen LogP contribution in [0.2, 0.25) is 0 Å². The molecule has 1 unspecified atom stereocenters. The van der Waals surface area contributed by atoms with Gasteiger partial charge in [-0.2, -0.15) is 0 Å². The van der Waals surface area contributed by atoms with E-state index in [0.29, 0.717) is 17.5 Å². The highest BCUT2D eigenvalue weighted by Gasteiger charge is 2.23. The Kier molecular flexibility index (Phi) is 7.33. The standard InChI is InChI=1S/C13H29NO2S/c1-6-10-17(15,16)11-8-9-12(14-7-2)13(3,4)5/h12,14H,6-11H2,1-5H3. The van der Waals surface area contributed by atoms with Gasteiger partial charge in [-0.05, 0) is 31.2 Å². The van der Waals surface area contributed by atoms with E-state index < -0.39 is 9.84 Å². The predicted octanol–water partition coefficient (Wildman–Crippen LogP) is 2.62. The van der Waals surface area contributed by atoms with E-state index in [4.69, 9.17) is 0 Å². The number of nitrogens with one attached hydrogen (secondary N) is 1. The van der Waals surface area contributed by atoms with E-state index in [-0.39, 0.29) is 5.41 Å². The molecule has 0 bridgehead atoms. The van der Waals surface area contributed by atoms with Crippen LogP contribution < -0.4 is 5.32 Å². The van der Waals surface area contributed by atoms with Gasteiger partial charge in [-0.15, -0.1) is 0 Å². The highest BCUT2D eigenvalue weighted by Crippen LogP contribution is 2.23. The van der Waals surface area contributed by atoms with Crippen LogP contribution in [0.4, 0.5) is 0 Å². The molecule has 0 heterocycles. The molecule has 0 amide bonds. The Bertz CT molecular complexity index is 291. The van der Waals surface area contributed by atoms with Gasteiger partial charge in [0.15, 0.2) is 0 Å². The van der Waals surface area contributed by atoms with Crippen molar-refractivity contribution in [3.8, 4) is 0 Å². The topological polar surface area (TPSA) is 46.2 Å². The lowest BCUT2D eigenvalue weighted by Gasteiger charge is -2.31. The van der Waals surface area contributed by atoms with E-state index in [1.54, 1.807) is 0 Å². The molecule has 0 radical (unpaired) electrons. The molecule has 0 aromatic rings. The van der Waals surface area contributed by atoms with E-state index in [1.165, 1.54) is 0 Å². The third kappa shape index (κ3) is 7.77. The van der Waals surface area contributed by atoms with Crippen molar-refractivity contribution in [2.24, 2.45) is 5.41 Å². The summed E-state index contributed by atoms with van der Waals surface area (Å²) in [7, 11) is -2.82. The Labute approximate surface area is 107 Å². The molecule has 0 saturated heterocycles. The summed E-state index contributed by atoms with van der Waals surface area (Å²) < 4.78 is 23.2. The maximum absolute atomic E-state index is 11.6. The van der Waals surface area contributed by atoms with Gasteiger partial charge in [0.1, 0.15) is 9.84 Å². The van der Waals surface area contributed by atoms with Gasteiger partial charge in [0.25, 0.3) is 0 Å². The van der Waals surface area contributed by atoms with Gasteiger partial charge in [-0.25, -0.2) is 8.42 Å². The first kappa shape index (κ1) is 16.9. The van der Waals surface area contributed by atoms with Gasteiger partial charge in [-0.3, -0.25) is 0 Å². The van der Waals surface area contributed by atoms with Crippen LogP contribution in [-0.4, -0.2) is 32.5 Å². The van der Waals surface area contributed by atoms with Gasteiger partial charge in [0, 0.05) is 11.8 Å². The molecule has 4 heteroatoms. The zero-order chi connectivity index (χ0) is 13.5. The van der Waals surface area contributed by atoms with Crippen LogP contribution in [0.1, 0.15) is 53.9 Å². The second kappa shape index (κ2) is 7.37. The molecule has 0 aliphatic heterocycles. The van der Waals surface area contributed by atoms with E-state index >= 15 is 0 Å². The second-order valence-electron chi connectivity index (χ2n) is 5.77. The van der Waals surface area contributed by atoms with Crippen molar-refractivity contribution in [2.75, 3.05) is 18.1 Å². The Morgan fingerprint density at radius 3 is 2.12 bits per heavy atom. The average molecular weight is 263 g/mol. The molecule has 3 nitrogen and oxygen atoms in total. The number of hydrogen-bond donors (Lipinski definition) is 1. The minimum absolute atomic E-state index is 0.185. The summed E-state index contributed by atoms with van der Waals surface area (Å²) in [6.07, 6.45) is 2.41. The van der Waals surface area contributed by atoms with E-state index in [0.717, 1.165) is 25.8 Å². The molecule has 0 fully saturated rings. The van der Waals surface area contributed by atoms with Crippen molar-refractivity contribution < 1.29 is 8.42 Å². The summed E-state index contributed by atoms with van der Waals surface area (Å²) in [6.45, 7) is 11.5. The van der Waals surface area contributed by atoms with Crippen molar-refractivity contribution >= 4 is 9.84 Å². The van der Waals surface area contributed by atoms with E-state index in [2.05, 4.69) is 33.0 Å². The lowest BCUT2D eigenvalue weighted by atomic mass is 9.84. The van der Waals surface area contributed by atoms with Gasteiger partial charge in [0.2, 0.25) is 0 Å². The van der Waals surface area contributed by atoms with Crippen LogP contribution in [-0.2, 0) is 9.84 Å². The number of sulfone groups is 1. The van der Waals surface area contributed by atoms with Gasteiger partial charge < -0.3 is 5.32 Å². The van der Waals surface area contributed by atoms with E-state index in [9.17, 15) is 8.42 Å². The fraction of sp³-hybridized carbons (Fsp3) is 1.00. The predicted molar refractivity (Wildman–Crippen MR) is 75.1 cm³/mol. The highest BCUT2D eigenvalue weighted by atomic mass is 32.2. The second-order valence-corrected chi connectivity index (χ2v) is 8.07. The lowest BCUT2D eigenvalue weighted by molar-refractivity contribution is 0.257. The SMILES string of the molecule is CCCS(=O)(=O)CCCC(NCC)C(C)(C)C. The Hall–Kier alpha value is -0.0900. The summed E-state index contributed by atoms with van der Waals surface area (Å²) in [5.41, 5.74) is 0.185. The van der Waals surface area contributed by atoms with E-state index in [1.807, 2.05) is 6.92 Å². The third-order valence-electron chi connectivity index (χ3n) is 2.96. The molecule has 1 N–H and O–H groups in total. The van der Waals surface area contributed by atoms with Crippen molar-refractivity contribution in [1.29, 1.82) is 0 Å². The van der Waals surface area contributed by atoms with Crippen LogP contribution in [0.25, 0.3) is 0 Å². The zero-order valence-electron chi connectivity index (χ0n) is 12.0. The molecule has 0 saturated carbocycles.